The molecule has 0 aromatic heterocycles. The Morgan fingerprint density at radius 1 is 1.23 bits per heavy atom. The summed E-state index contributed by atoms with van der Waals surface area (Å²) in [5, 5.41) is 0. The molecule has 2 N–H and O–H groups in total. The van der Waals surface area contributed by atoms with Crippen LogP contribution < -0.4 is 5.73 Å². The number of benzene rings is 1. The Balaban J connectivity index is 1.62. The average molecular weight is 303 g/mol. The SMILES string of the molecule is NCC(C(=O)N1CCC(N2CCOCC2)C1)c1ccccc1. The number of carbonyl (C=O) groups excluding carboxylic acids is 1. The first-order valence-corrected chi connectivity index (χ1v) is 8.15. The number of morpholine rings is 1. The molecule has 2 fully saturated rings. The van der Waals surface area contributed by atoms with Crippen molar-refractivity contribution < 1.29 is 9.53 Å². The molecule has 1 aromatic carbocycles. The molecule has 2 saturated heterocycles. The van der Waals surface area contributed by atoms with E-state index in [1.54, 1.807) is 0 Å². The van der Waals surface area contributed by atoms with Gasteiger partial charge in [0.25, 0.3) is 0 Å². The highest BCUT2D eigenvalue weighted by Crippen LogP contribution is 2.23. The lowest BCUT2D eigenvalue weighted by atomic mass is 9.98. The summed E-state index contributed by atoms with van der Waals surface area (Å²) in [6, 6.07) is 10.3. The minimum Gasteiger partial charge on any atom is -0.379 e. The predicted octanol–water partition coefficient (Wildman–Crippen LogP) is 0.662. The number of hydrogen-bond donors (Lipinski definition) is 1. The van der Waals surface area contributed by atoms with Gasteiger partial charge in [0.2, 0.25) is 5.91 Å². The number of hydrogen-bond acceptors (Lipinski definition) is 4. The van der Waals surface area contributed by atoms with Gasteiger partial charge in [0.15, 0.2) is 0 Å². The molecule has 5 nitrogen and oxygen atoms in total. The molecule has 0 bridgehead atoms. The molecule has 22 heavy (non-hydrogen) atoms. The van der Waals surface area contributed by atoms with E-state index in [2.05, 4.69) is 4.90 Å². The van der Waals surface area contributed by atoms with Crippen molar-refractivity contribution in [1.82, 2.24) is 9.80 Å². The van der Waals surface area contributed by atoms with Crippen LogP contribution in [0, 0.1) is 0 Å². The van der Waals surface area contributed by atoms with Gasteiger partial charge in [-0.2, -0.15) is 0 Å². The molecule has 3 rings (SSSR count). The van der Waals surface area contributed by atoms with Crippen molar-refractivity contribution in [1.29, 1.82) is 0 Å². The fraction of sp³-hybridized carbons (Fsp3) is 0.588. The van der Waals surface area contributed by atoms with Gasteiger partial charge in [0, 0.05) is 38.8 Å². The van der Waals surface area contributed by atoms with Crippen LogP contribution in [0.4, 0.5) is 0 Å². The molecule has 0 aliphatic carbocycles. The van der Waals surface area contributed by atoms with Crippen LogP contribution in [0.3, 0.4) is 0 Å². The number of carbonyl (C=O) groups is 1. The van der Waals surface area contributed by atoms with Crippen LogP contribution in [-0.4, -0.2) is 67.7 Å². The molecule has 120 valence electrons. The van der Waals surface area contributed by atoms with Crippen LogP contribution in [0.25, 0.3) is 0 Å². The van der Waals surface area contributed by atoms with E-state index in [1.165, 1.54) is 0 Å². The molecule has 2 unspecified atom stereocenters. The van der Waals surface area contributed by atoms with Gasteiger partial charge in [-0.1, -0.05) is 30.3 Å². The minimum absolute atomic E-state index is 0.171. The van der Waals surface area contributed by atoms with E-state index in [9.17, 15) is 4.79 Å². The number of likely N-dealkylation sites (tertiary alicyclic amines) is 1. The van der Waals surface area contributed by atoms with Crippen LogP contribution >= 0.6 is 0 Å². The number of amides is 1. The van der Waals surface area contributed by atoms with Gasteiger partial charge in [0.05, 0.1) is 19.1 Å². The molecular formula is C17H25N3O2. The first-order chi connectivity index (χ1) is 10.8. The van der Waals surface area contributed by atoms with Crippen LogP contribution in [0.2, 0.25) is 0 Å². The van der Waals surface area contributed by atoms with Crippen molar-refractivity contribution in [2.45, 2.75) is 18.4 Å². The van der Waals surface area contributed by atoms with Gasteiger partial charge in [-0.3, -0.25) is 9.69 Å². The number of nitrogens with two attached hydrogens (primary N) is 1. The van der Waals surface area contributed by atoms with E-state index in [1.807, 2.05) is 35.2 Å². The van der Waals surface area contributed by atoms with Crippen LogP contribution in [0.1, 0.15) is 17.9 Å². The Labute approximate surface area is 132 Å². The summed E-state index contributed by atoms with van der Waals surface area (Å²) in [5.41, 5.74) is 6.89. The Morgan fingerprint density at radius 3 is 2.64 bits per heavy atom. The summed E-state index contributed by atoms with van der Waals surface area (Å²) < 4.78 is 5.41. The average Bonchev–Trinajstić information content (AvgIpc) is 3.07. The van der Waals surface area contributed by atoms with E-state index >= 15 is 0 Å². The van der Waals surface area contributed by atoms with Crippen LogP contribution in [-0.2, 0) is 9.53 Å². The first-order valence-electron chi connectivity index (χ1n) is 8.15. The molecule has 0 saturated carbocycles. The fourth-order valence-electron chi connectivity index (χ4n) is 3.47. The number of rotatable bonds is 4. The monoisotopic (exact) mass is 303 g/mol. The summed E-state index contributed by atoms with van der Waals surface area (Å²) in [6.07, 6.45) is 1.05. The van der Waals surface area contributed by atoms with E-state index in [0.717, 1.165) is 51.4 Å². The van der Waals surface area contributed by atoms with Gasteiger partial charge >= 0.3 is 0 Å². The molecule has 1 amide bonds. The first kappa shape index (κ1) is 15.5. The lowest BCUT2D eigenvalue weighted by Gasteiger charge is -2.32. The zero-order chi connectivity index (χ0) is 15.4. The summed E-state index contributed by atoms with van der Waals surface area (Å²) in [6.45, 7) is 5.59. The third-order valence-electron chi connectivity index (χ3n) is 4.77. The van der Waals surface area contributed by atoms with E-state index in [0.29, 0.717) is 12.6 Å². The Hall–Kier alpha value is -1.43. The minimum atomic E-state index is -0.218. The molecule has 2 atom stereocenters. The van der Waals surface area contributed by atoms with Crippen molar-refractivity contribution in [3.8, 4) is 0 Å². The van der Waals surface area contributed by atoms with E-state index in [-0.39, 0.29) is 11.8 Å². The van der Waals surface area contributed by atoms with Crippen molar-refractivity contribution in [2.75, 3.05) is 45.9 Å². The molecule has 5 heteroatoms. The van der Waals surface area contributed by atoms with Crippen molar-refractivity contribution >= 4 is 5.91 Å². The standard InChI is InChI=1S/C17H25N3O2/c18-12-16(14-4-2-1-3-5-14)17(21)20-7-6-15(13-20)19-8-10-22-11-9-19/h1-5,15-16H,6-13,18H2. The molecular weight excluding hydrogens is 278 g/mol. The van der Waals surface area contributed by atoms with Gasteiger partial charge in [-0.15, -0.1) is 0 Å². The third kappa shape index (κ3) is 3.32. The van der Waals surface area contributed by atoms with Crippen molar-refractivity contribution in [2.24, 2.45) is 5.73 Å². The van der Waals surface area contributed by atoms with Crippen LogP contribution in [0.5, 0.6) is 0 Å². The molecule has 0 radical (unpaired) electrons. The van der Waals surface area contributed by atoms with Gasteiger partial charge in [0.1, 0.15) is 0 Å². The Bertz CT molecular complexity index is 488. The van der Waals surface area contributed by atoms with Gasteiger partial charge in [-0.25, -0.2) is 0 Å². The number of nitrogens with zero attached hydrogens (tertiary/aromatic N) is 2. The van der Waals surface area contributed by atoms with Gasteiger partial charge < -0.3 is 15.4 Å². The lowest BCUT2D eigenvalue weighted by molar-refractivity contribution is -0.131. The maximum atomic E-state index is 12.8. The second kappa shape index (κ2) is 7.22. The maximum Gasteiger partial charge on any atom is 0.231 e. The molecule has 2 heterocycles. The van der Waals surface area contributed by atoms with E-state index < -0.39 is 0 Å². The third-order valence-corrected chi connectivity index (χ3v) is 4.77. The predicted molar refractivity (Wildman–Crippen MR) is 85.6 cm³/mol. The molecule has 2 aliphatic rings. The highest BCUT2D eigenvalue weighted by Gasteiger charge is 2.34. The topological polar surface area (TPSA) is 58.8 Å². The highest BCUT2D eigenvalue weighted by atomic mass is 16.5. The summed E-state index contributed by atoms with van der Waals surface area (Å²) in [7, 11) is 0. The normalized spacial score (nSPS) is 24.4. The summed E-state index contributed by atoms with van der Waals surface area (Å²) >= 11 is 0. The molecule has 1 aromatic rings. The Kier molecular flexibility index (Phi) is 5.08. The fourth-order valence-corrected chi connectivity index (χ4v) is 3.47. The van der Waals surface area contributed by atoms with E-state index in [4.69, 9.17) is 10.5 Å². The molecule has 0 spiro atoms. The maximum absolute atomic E-state index is 12.8. The van der Waals surface area contributed by atoms with Gasteiger partial charge in [-0.05, 0) is 12.0 Å². The zero-order valence-electron chi connectivity index (χ0n) is 13.0. The van der Waals surface area contributed by atoms with Crippen LogP contribution in [0.15, 0.2) is 30.3 Å². The quantitative estimate of drug-likeness (QED) is 0.888. The van der Waals surface area contributed by atoms with Crippen molar-refractivity contribution in [3.05, 3.63) is 35.9 Å². The second-order valence-corrected chi connectivity index (χ2v) is 6.07. The largest absolute Gasteiger partial charge is 0.379 e. The zero-order valence-corrected chi connectivity index (χ0v) is 13.0. The highest BCUT2D eigenvalue weighted by molar-refractivity contribution is 5.84. The molecule has 2 aliphatic heterocycles. The second-order valence-electron chi connectivity index (χ2n) is 6.07. The Morgan fingerprint density at radius 2 is 1.95 bits per heavy atom. The summed E-state index contributed by atoms with van der Waals surface area (Å²) in [5.74, 6) is -0.0471. The smallest absolute Gasteiger partial charge is 0.231 e. The summed E-state index contributed by atoms with van der Waals surface area (Å²) in [4.78, 5) is 17.3. The van der Waals surface area contributed by atoms with Crippen molar-refractivity contribution in [3.63, 3.8) is 0 Å². The number of ether oxygens (including phenoxy) is 1. The lowest BCUT2D eigenvalue weighted by Crippen LogP contribution is -2.45.